The van der Waals surface area contributed by atoms with E-state index in [0.29, 0.717) is 15.5 Å². The topological polar surface area (TPSA) is 0 Å². The van der Waals surface area contributed by atoms with Crippen LogP contribution in [-0.4, -0.2) is 0 Å². The second-order valence-corrected chi connectivity index (χ2v) is 16.5. The van der Waals surface area contributed by atoms with Crippen molar-refractivity contribution in [2.75, 3.05) is 0 Å². The molecule has 0 saturated carbocycles. The van der Waals surface area contributed by atoms with Gasteiger partial charge >= 0.3 is 204 Å². The molecule has 0 radical (unpaired) electrons. The molecule has 0 heterocycles. The minimum absolute atomic E-state index is 0. The molecule has 0 bridgehead atoms. The van der Waals surface area contributed by atoms with Crippen molar-refractivity contribution in [2.24, 2.45) is 11.8 Å². The third kappa shape index (κ3) is 7.38. The fourth-order valence-electron chi connectivity index (χ4n) is 5.28. The predicted molar refractivity (Wildman–Crippen MR) is 166 cm³/mol. The van der Waals surface area contributed by atoms with E-state index < -0.39 is 21.8 Å². The number of hydrogen-bond donors (Lipinski definition) is 0. The van der Waals surface area contributed by atoms with Crippen LogP contribution in [0.4, 0.5) is 0 Å². The molecule has 0 aromatic heterocycles. The fourth-order valence-corrected chi connectivity index (χ4v) is 14.7. The van der Waals surface area contributed by atoms with Crippen LogP contribution in [-0.2, 0) is 21.8 Å². The van der Waals surface area contributed by atoms with E-state index >= 15 is 0 Å². The first-order valence-electron chi connectivity index (χ1n) is 12.3. The number of rotatable bonds is 9. The van der Waals surface area contributed by atoms with Crippen LogP contribution in [0.15, 0.2) is 103 Å². The van der Waals surface area contributed by atoms with Crippen LogP contribution in [0, 0.1) is 11.8 Å². The van der Waals surface area contributed by atoms with Crippen LogP contribution in [0.1, 0.15) is 68.1 Å². The monoisotopic (exact) mass is 755 g/mol. The number of halogens is 2. The summed E-state index contributed by atoms with van der Waals surface area (Å²) < 4.78 is 4.23. The molecule has 2 aromatic rings. The van der Waals surface area contributed by atoms with Crippen LogP contribution in [0.25, 0.3) is 0 Å². The maximum Gasteiger partial charge on any atom is -0.107 e. The Balaban J connectivity index is 0.00000204. The molecule has 0 nitrogen and oxygen atoms in total. The Morgan fingerprint density at radius 3 is 1.35 bits per heavy atom. The molecule has 0 spiro atoms. The molecule has 181 valence electrons. The van der Waals surface area contributed by atoms with Gasteiger partial charge < -0.3 is 0 Å². The molecule has 2 aliphatic rings. The number of benzene rings is 2. The Bertz CT molecular complexity index is 946. The summed E-state index contributed by atoms with van der Waals surface area (Å²) in [6.45, 7) is 9.47. The molecule has 2 aromatic carbocycles. The Kier molecular flexibility index (Phi) is 12.8. The van der Waals surface area contributed by atoms with E-state index in [9.17, 15) is 0 Å². The standard InChI is InChI=1S/C13H11.2C9H13.2HI.Zr/c1-3-7-12(8-4-1)11-13-9-5-2-6-10-13;2*1-8(2)7-9-5-3-4-6-9;;;/h1-11H;2*3,5,8H,4,7H2,1-2H3;2*1H;. The van der Waals surface area contributed by atoms with Gasteiger partial charge in [0.2, 0.25) is 0 Å². The van der Waals surface area contributed by atoms with Crippen molar-refractivity contribution < 1.29 is 21.8 Å². The van der Waals surface area contributed by atoms with Gasteiger partial charge in [-0.1, -0.05) is 0 Å². The molecule has 0 saturated heterocycles. The number of hydrogen-bond acceptors (Lipinski definition) is 0. The SMILES string of the molecule is CC(C)CC1=[C]([Zr]([C]2=C(CC(C)C)C=CC2)[CH](c2ccccc2)c2ccccc2)CC=C1.I.I. The average Bonchev–Trinajstić information content (AvgIpc) is 3.42. The summed E-state index contributed by atoms with van der Waals surface area (Å²) in [6, 6.07) is 22.8. The first-order valence-corrected chi connectivity index (χ1v) is 16.2. The van der Waals surface area contributed by atoms with Gasteiger partial charge in [0, 0.05) is 0 Å². The minimum atomic E-state index is -2.30. The quantitative estimate of drug-likeness (QED) is 0.224. The molecule has 0 aliphatic heterocycles. The maximum atomic E-state index is 2.47. The van der Waals surface area contributed by atoms with E-state index in [1.165, 1.54) is 36.8 Å². The van der Waals surface area contributed by atoms with Crippen molar-refractivity contribution >= 4 is 48.0 Å². The van der Waals surface area contributed by atoms with Gasteiger partial charge in [0.25, 0.3) is 0 Å². The third-order valence-corrected chi connectivity index (χ3v) is 15.4. The molecule has 0 unspecified atom stereocenters. The number of allylic oxidation sites excluding steroid dienone is 8. The summed E-state index contributed by atoms with van der Waals surface area (Å²) in [5, 5.41) is 0. The molecule has 0 amide bonds. The van der Waals surface area contributed by atoms with Gasteiger partial charge in [-0.05, 0) is 0 Å². The van der Waals surface area contributed by atoms with Gasteiger partial charge in [0.05, 0.1) is 0 Å². The van der Waals surface area contributed by atoms with Crippen molar-refractivity contribution in [1.29, 1.82) is 0 Å². The van der Waals surface area contributed by atoms with E-state index in [0.717, 1.165) is 0 Å². The van der Waals surface area contributed by atoms with E-state index in [4.69, 9.17) is 0 Å². The van der Waals surface area contributed by atoms with E-state index in [1.807, 2.05) is 6.56 Å². The summed E-state index contributed by atoms with van der Waals surface area (Å²) in [7, 11) is 0. The Morgan fingerprint density at radius 2 is 1.00 bits per heavy atom. The summed E-state index contributed by atoms with van der Waals surface area (Å²) in [6.07, 6.45) is 14.6. The Labute approximate surface area is 249 Å². The van der Waals surface area contributed by atoms with Gasteiger partial charge in [0.15, 0.2) is 0 Å². The summed E-state index contributed by atoms with van der Waals surface area (Å²) in [5.74, 6) is 1.40. The zero-order valence-corrected chi connectivity index (χ0v) is 28.1. The van der Waals surface area contributed by atoms with Crippen molar-refractivity contribution in [1.82, 2.24) is 0 Å². The first kappa shape index (κ1) is 30.0. The van der Waals surface area contributed by atoms with Gasteiger partial charge in [0.1, 0.15) is 0 Å². The van der Waals surface area contributed by atoms with Crippen molar-refractivity contribution in [3.63, 3.8) is 0 Å². The molecule has 0 fully saturated rings. The van der Waals surface area contributed by atoms with Crippen molar-refractivity contribution in [3.05, 3.63) is 114 Å². The molecular formula is C31H39I2Zr. The van der Waals surface area contributed by atoms with E-state index in [-0.39, 0.29) is 48.0 Å². The van der Waals surface area contributed by atoms with Crippen LogP contribution >= 0.6 is 48.0 Å². The molecule has 34 heavy (non-hydrogen) atoms. The van der Waals surface area contributed by atoms with Gasteiger partial charge in [-0.3, -0.25) is 0 Å². The zero-order valence-electron chi connectivity index (χ0n) is 21.0. The molecule has 4 rings (SSSR count). The molecule has 3 heteroatoms. The van der Waals surface area contributed by atoms with Crippen LogP contribution < -0.4 is 0 Å². The van der Waals surface area contributed by atoms with Gasteiger partial charge in [-0.2, -0.15) is 0 Å². The van der Waals surface area contributed by atoms with Gasteiger partial charge in [-0.15, -0.1) is 48.0 Å². The summed E-state index contributed by atoms with van der Waals surface area (Å²) >= 11 is -2.30. The van der Waals surface area contributed by atoms with Crippen LogP contribution in [0.5, 0.6) is 0 Å². The maximum absolute atomic E-state index is 2.47. The van der Waals surface area contributed by atoms with Crippen molar-refractivity contribution in [2.45, 2.75) is 57.0 Å². The smallest absolute Gasteiger partial charge is 0.107 e. The second kappa shape index (κ2) is 14.5. The van der Waals surface area contributed by atoms with Crippen molar-refractivity contribution in [3.8, 4) is 0 Å². The largest absolute Gasteiger partial charge is 0.107 e. The van der Waals surface area contributed by atoms with E-state index in [1.54, 1.807) is 11.1 Å². The normalized spacial score (nSPS) is 14.9. The average molecular weight is 757 g/mol. The van der Waals surface area contributed by atoms with Crippen LogP contribution in [0.3, 0.4) is 0 Å². The summed E-state index contributed by atoms with van der Waals surface area (Å²) in [4.78, 5) is 0. The summed E-state index contributed by atoms with van der Waals surface area (Å²) in [5.41, 5.74) is 6.35. The molecule has 0 N–H and O–H groups in total. The Hall–Kier alpha value is -0.257. The minimum Gasteiger partial charge on any atom is -0.107 e. The first-order chi connectivity index (χ1) is 15.5. The molecule has 0 atom stereocenters. The second-order valence-electron chi connectivity index (χ2n) is 10.1. The fraction of sp³-hybridized carbons (Fsp3) is 0.355. The molecular weight excluding hydrogens is 717 g/mol. The zero-order chi connectivity index (χ0) is 22.5. The van der Waals surface area contributed by atoms with E-state index in [2.05, 4.69) is 113 Å². The van der Waals surface area contributed by atoms with Gasteiger partial charge in [-0.25, -0.2) is 0 Å². The third-order valence-electron chi connectivity index (χ3n) is 6.52. The molecule has 2 aliphatic carbocycles. The predicted octanol–water partition coefficient (Wildman–Crippen LogP) is 10.2. The van der Waals surface area contributed by atoms with Crippen LogP contribution in [0.2, 0.25) is 0 Å². The Morgan fingerprint density at radius 1 is 0.618 bits per heavy atom.